The highest BCUT2D eigenvalue weighted by Gasteiger charge is 2.14. The van der Waals surface area contributed by atoms with Crippen molar-refractivity contribution >= 4 is 11.4 Å². The SMILES string of the molecule is CN=C(C)c1nc(C(C)=NC)c(C)c(C)c1C. The fourth-order valence-corrected chi connectivity index (χ4v) is 1.83. The van der Waals surface area contributed by atoms with E-state index in [0.29, 0.717) is 0 Å². The van der Waals surface area contributed by atoms with Crippen molar-refractivity contribution in [1.29, 1.82) is 0 Å². The number of pyridine rings is 1. The first-order chi connectivity index (χ1) is 7.93. The van der Waals surface area contributed by atoms with E-state index in [9.17, 15) is 0 Å². The number of nitrogens with zero attached hydrogens (tertiary/aromatic N) is 3. The van der Waals surface area contributed by atoms with Crippen LogP contribution in [0, 0.1) is 20.8 Å². The van der Waals surface area contributed by atoms with Crippen LogP contribution in [-0.2, 0) is 0 Å². The van der Waals surface area contributed by atoms with Crippen molar-refractivity contribution in [3.05, 3.63) is 28.1 Å². The molecule has 0 N–H and O–H groups in total. The molecule has 0 saturated heterocycles. The summed E-state index contributed by atoms with van der Waals surface area (Å²) in [5.41, 5.74) is 7.58. The molecule has 0 aliphatic rings. The molecule has 0 radical (unpaired) electrons. The minimum Gasteiger partial charge on any atom is -0.291 e. The largest absolute Gasteiger partial charge is 0.291 e. The molecule has 1 heterocycles. The molecule has 1 rings (SSSR count). The molecule has 0 aliphatic heterocycles. The first-order valence-electron chi connectivity index (χ1n) is 5.79. The van der Waals surface area contributed by atoms with Gasteiger partial charge >= 0.3 is 0 Å². The minimum absolute atomic E-state index is 0.968. The quantitative estimate of drug-likeness (QED) is 0.721. The first-order valence-corrected chi connectivity index (χ1v) is 5.79. The molecular formula is C14H21N3. The maximum absolute atomic E-state index is 4.71. The lowest BCUT2D eigenvalue weighted by Crippen LogP contribution is -2.12. The van der Waals surface area contributed by atoms with Crippen LogP contribution in [0.4, 0.5) is 0 Å². The number of aromatic nitrogens is 1. The van der Waals surface area contributed by atoms with Gasteiger partial charge in [0.25, 0.3) is 0 Å². The molecule has 0 saturated carbocycles. The minimum atomic E-state index is 0.968. The van der Waals surface area contributed by atoms with Gasteiger partial charge in [0, 0.05) is 14.1 Å². The third kappa shape index (κ3) is 2.43. The van der Waals surface area contributed by atoms with Gasteiger partial charge in [-0.25, -0.2) is 4.98 Å². The van der Waals surface area contributed by atoms with Crippen molar-refractivity contribution in [2.45, 2.75) is 34.6 Å². The van der Waals surface area contributed by atoms with Gasteiger partial charge in [0.05, 0.1) is 22.8 Å². The second-order valence-corrected chi connectivity index (χ2v) is 4.30. The molecule has 0 fully saturated rings. The molecule has 0 spiro atoms. The Balaban J connectivity index is 3.62. The number of rotatable bonds is 2. The molecule has 0 amide bonds. The van der Waals surface area contributed by atoms with E-state index in [1.54, 1.807) is 14.1 Å². The average molecular weight is 231 g/mol. The topological polar surface area (TPSA) is 37.6 Å². The van der Waals surface area contributed by atoms with Crippen molar-refractivity contribution < 1.29 is 0 Å². The molecule has 92 valence electrons. The molecule has 3 nitrogen and oxygen atoms in total. The van der Waals surface area contributed by atoms with Gasteiger partial charge in [-0.3, -0.25) is 9.98 Å². The van der Waals surface area contributed by atoms with E-state index >= 15 is 0 Å². The molecule has 17 heavy (non-hydrogen) atoms. The lowest BCUT2D eigenvalue weighted by molar-refractivity contribution is 1.11. The van der Waals surface area contributed by atoms with E-state index in [1.165, 1.54) is 16.7 Å². The van der Waals surface area contributed by atoms with Gasteiger partial charge in [0.15, 0.2) is 0 Å². The normalized spacial score (nSPS) is 13.1. The number of hydrogen-bond donors (Lipinski definition) is 0. The van der Waals surface area contributed by atoms with E-state index in [4.69, 9.17) is 4.98 Å². The lowest BCUT2D eigenvalue weighted by atomic mass is 9.98. The highest BCUT2D eigenvalue weighted by Crippen LogP contribution is 2.20. The number of hydrogen-bond acceptors (Lipinski definition) is 3. The predicted octanol–water partition coefficient (Wildman–Crippen LogP) is 2.88. The molecule has 1 aromatic rings. The fourth-order valence-electron chi connectivity index (χ4n) is 1.83. The van der Waals surface area contributed by atoms with E-state index < -0.39 is 0 Å². The van der Waals surface area contributed by atoms with E-state index in [1.807, 2.05) is 13.8 Å². The Labute approximate surface area is 104 Å². The zero-order valence-corrected chi connectivity index (χ0v) is 11.8. The summed E-state index contributed by atoms with van der Waals surface area (Å²) in [5, 5.41) is 0. The Kier molecular flexibility index (Phi) is 4.16. The second kappa shape index (κ2) is 5.21. The smallest absolute Gasteiger partial charge is 0.0876 e. The summed E-state index contributed by atoms with van der Waals surface area (Å²) < 4.78 is 0. The summed E-state index contributed by atoms with van der Waals surface area (Å²) in [6.45, 7) is 10.3. The van der Waals surface area contributed by atoms with E-state index in [0.717, 1.165) is 22.8 Å². The zero-order valence-electron chi connectivity index (χ0n) is 11.8. The van der Waals surface area contributed by atoms with Crippen molar-refractivity contribution in [3.63, 3.8) is 0 Å². The van der Waals surface area contributed by atoms with Crippen LogP contribution in [0.1, 0.15) is 41.9 Å². The highest BCUT2D eigenvalue weighted by molar-refractivity contribution is 6.02. The summed E-state index contributed by atoms with van der Waals surface area (Å²) in [7, 11) is 3.60. The molecule has 0 atom stereocenters. The summed E-state index contributed by atoms with van der Waals surface area (Å²) in [6.07, 6.45) is 0. The molecule has 0 aromatic carbocycles. The fraction of sp³-hybridized carbons (Fsp3) is 0.500. The van der Waals surface area contributed by atoms with Crippen LogP contribution in [0.5, 0.6) is 0 Å². The summed E-state index contributed by atoms with van der Waals surface area (Å²) in [4.78, 5) is 13.2. The summed E-state index contributed by atoms with van der Waals surface area (Å²) in [6, 6.07) is 0. The van der Waals surface area contributed by atoms with Crippen LogP contribution >= 0.6 is 0 Å². The van der Waals surface area contributed by atoms with Crippen LogP contribution in [0.25, 0.3) is 0 Å². The third-order valence-corrected chi connectivity index (χ3v) is 3.42. The summed E-state index contributed by atoms with van der Waals surface area (Å²) >= 11 is 0. The maximum atomic E-state index is 4.71. The molecular weight excluding hydrogens is 210 g/mol. The molecule has 1 aromatic heterocycles. The molecule has 0 bridgehead atoms. The molecule has 0 unspecified atom stereocenters. The van der Waals surface area contributed by atoms with Crippen molar-refractivity contribution in [2.24, 2.45) is 9.98 Å². The van der Waals surface area contributed by atoms with Gasteiger partial charge in [0.2, 0.25) is 0 Å². The summed E-state index contributed by atoms with van der Waals surface area (Å²) in [5.74, 6) is 0. The standard InChI is InChI=1S/C14H21N3/c1-8-9(2)13(11(4)15-6)17-14(10(8)3)12(5)16-7/h1-7H3. The Bertz CT molecular complexity index is 454. The maximum Gasteiger partial charge on any atom is 0.0876 e. The van der Waals surface area contributed by atoms with Crippen LogP contribution in [0.2, 0.25) is 0 Å². The second-order valence-electron chi connectivity index (χ2n) is 4.30. The Morgan fingerprint density at radius 2 is 1.12 bits per heavy atom. The van der Waals surface area contributed by atoms with Crippen molar-refractivity contribution in [1.82, 2.24) is 4.98 Å². The van der Waals surface area contributed by atoms with Gasteiger partial charge in [-0.15, -0.1) is 0 Å². The van der Waals surface area contributed by atoms with Crippen LogP contribution < -0.4 is 0 Å². The lowest BCUT2D eigenvalue weighted by Gasteiger charge is -2.14. The Hall–Kier alpha value is -1.51. The van der Waals surface area contributed by atoms with Crippen LogP contribution in [0.15, 0.2) is 9.98 Å². The third-order valence-electron chi connectivity index (χ3n) is 3.42. The average Bonchev–Trinajstić information content (AvgIpc) is 2.34. The highest BCUT2D eigenvalue weighted by atomic mass is 14.8. The monoisotopic (exact) mass is 231 g/mol. The van der Waals surface area contributed by atoms with Gasteiger partial charge in [-0.2, -0.15) is 0 Å². The Morgan fingerprint density at radius 3 is 1.41 bits per heavy atom. The first kappa shape index (κ1) is 13.6. The van der Waals surface area contributed by atoms with E-state index in [2.05, 4.69) is 30.8 Å². The number of aliphatic imine (C=N–C) groups is 2. The van der Waals surface area contributed by atoms with E-state index in [-0.39, 0.29) is 0 Å². The molecule has 3 heteroatoms. The Morgan fingerprint density at radius 1 is 0.765 bits per heavy atom. The van der Waals surface area contributed by atoms with Crippen molar-refractivity contribution in [3.8, 4) is 0 Å². The van der Waals surface area contributed by atoms with Gasteiger partial charge < -0.3 is 0 Å². The van der Waals surface area contributed by atoms with Gasteiger partial charge in [0.1, 0.15) is 0 Å². The van der Waals surface area contributed by atoms with Gasteiger partial charge in [-0.05, 0) is 51.3 Å². The van der Waals surface area contributed by atoms with Crippen LogP contribution in [0.3, 0.4) is 0 Å². The van der Waals surface area contributed by atoms with Crippen LogP contribution in [-0.4, -0.2) is 30.5 Å². The van der Waals surface area contributed by atoms with Gasteiger partial charge in [-0.1, -0.05) is 0 Å². The molecule has 0 aliphatic carbocycles. The van der Waals surface area contributed by atoms with Crippen molar-refractivity contribution in [2.75, 3.05) is 14.1 Å². The zero-order chi connectivity index (χ0) is 13.2. The predicted molar refractivity (Wildman–Crippen MR) is 74.7 cm³/mol.